The first-order valence-corrected chi connectivity index (χ1v) is 9.87. The molecule has 0 fully saturated rings. The number of carbonyl (C=O) groups excluding carboxylic acids is 1. The highest BCUT2D eigenvalue weighted by Gasteiger charge is 2.13. The van der Waals surface area contributed by atoms with Gasteiger partial charge in [-0.2, -0.15) is 0 Å². The average Bonchev–Trinajstić information content (AvgIpc) is 2.66. The molecule has 0 bridgehead atoms. The van der Waals surface area contributed by atoms with Crippen molar-refractivity contribution in [2.45, 2.75) is 6.92 Å². The van der Waals surface area contributed by atoms with E-state index in [0.29, 0.717) is 19.0 Å². The van der Waals surface area contributed by atoms with Crippen LogP contribution in [0.5, 0.6) is 5.88 Å². The van der Waals surface area contributed by atoms with Gasteiger partial charge in [-0.05, 0) is 24.3 Å². The lowest BCUT2D eigenvalue weighted by atomic mass is 10.0. The molecule has 3 aromatic rings. The number of nitrogens with zero attached hydrogens (tertiary/aromatic N) is 2. The summed E-state index contributed by atoms with van der Waals surface area (Å²) < 4.78 is 7.64. The molecular weight excluding hydrogens is 474 g/mol. The van der Waals surface area contributed by atoms with Crippen molar-refractivity contribution in [3.63, 3.8) is 0 Å². The maximum Gasteiger partial charge on any atom is 0.232 e. The van der Waals surface area contributed by atoms with Gasteiger partial charge in [0.2, 0.25) is 11.8 Å². The summed E-state index contributed by atoms with van der Waals surface area (Å²) in [5.74, 6) is 0.324. The zero-order chi connectivity index (χ0) is 19.2. The zero-order valence-electron chi connectivity index (χ0n) is 14.6. The molecule has 1 aromatic heterocycles. The van der Waals surface area contributed by atoms with Crippen molar-refractivity contribution in [2.24, 2.45) is 0 Å². The summed E-state index contributed by atoms with van der Waals surface area (Å²) in [5.41, 5.74) is 3.42. The second kappa shape index (κ2) is 9.10. The van der Waals surface area contributed by atoms with E-state index in [9.17, 15) is 4.79 Å². The summed E-state index contributed by atoms with van der Waals surface area (Å²) in [6, 6.07) is 15.8. The molecule has 27 heavy (non-hydrogen) atoms. The molecule has 1 N–H and O–H groups in total. The molecule has 2 aromatic carbocycles. The number of rotatable bonds is 6. The molecule has 3 rings (SSSR count). The van der Waals surface area contributed by atoms with Crippen LogP contribution < -0.4 is 10.1 Å². The molecule has 0 radical (unpaired) electrons. The van der Waals surface area contributed by atoms with Gasteiger partial charge in [-0.25, -0.2) is 9.97 Å². The predicted octanol–water partition coefficient (Wildman–Crippen LogP) is 4.85. The number of benzene rings is 2. The molecule has 7 heteroatoms. The number of ether oxygens (including phenoxy) is 1. The van der Waals surface area contributed by atoms with Gasteiger partial charge in [0.05, 0.1) is 18.4 Å². The van der Waals surface area contributed by atoms with Crippen molar-refractivity contribution in [1.29, 1.82) is 0 Å². The van der Waals surface area contributed by atoms with Gasteiger partial charge in [0.15, 0.2) is 0 Å². The first-order chi connectivity index (χ1) is 13.0. The Morgan fingerprint density at radius 2 is 1.52 bits per heavy atom. The van der Waals surface area contributed by atoms with E-state index in [1.165, 1.54) is 6.92 Å². The smallest absolute Gasteiger partial charge is 0.232 e. The third kappa shape index (κ3) is 5.37. The molecule has 5 nitrogen and oxygen atoms in total. The van der Waals surface area contributed by atoms with Crippen LogP contribution in [0.3, 0.4) is 0 Å². The van der Waals surface area contributed by atoms with E-state index in [1.54, 1.807) is 6.20 Å². The average molecular weight is 491 g/mol. The molecule has 138 valence electrons. The summed E-state index contributed by atoms with van der Waals surface area (Å²) >= 11 is 6.91. The Morgan fingerprint density at radius 3 is 2.07 bits per heavy atom. The number of aromatic nitrogens is 2. The Bertz CT molecular complexity index is 929. The molecule has 0 aliphatic heterocycles. The summed E-state index contributed by atoms with van der Waals surface area (Å²) in [7, 11) is 0. The van der Waals surface area contributed by atoms with Crippen molar-refractivity contribution >= 4 is 37.8 Å². The highest BCUT2D eigenvalue weighted by Crippen LogP contribution is 2.31. The van der Waals surface area contributed by atoms with Gasteiger partial charge in [0, 0.05) is 27.0 Å². The zero-order valence-corrected chi connectivity index (χ0v) is 17.7. The van der Waals surface area contributed by atoms with E-state index < -0.39 is 0 Å². The fraction of sp³-hybridized carbons (Fsp3) is 0.150. The first kappa shape index (κ1) is 19.5. The fourth-order valence-electron chi connectivity index (χ4n) is 2.45. The molecule has 0 atom stereocenters. The van der Waals surface area contributed by atoms with Crippen LogP contribution in [0.15, 0.2) is 63.7 Å². The van der Waals surface area contributed by atoms with E-state index in [2.05, 4.69) is 47.1 Å². The summed E-state index contributed by atoms with van der Waals surface area (Å²) in [4.78, 5) is 20.2. The van der Waals surface area contributed by atoms with Gasteiger partial charge in [-0.15, -0.1) is 0 Å². The maximum atomic E-state index is 10.9. The van der Waals surface area contributed by atoms with Crippen LogP contribution in [0.2, 0.25) is 0 Å². The van der Waals surface area contributed by atoms with Crippen molar-refractivity contribution in [3.8, 4) is 28.4 Å². The molecule has 0 spiro atoms. The van der Waals surface area contributed by atoms with Gasteiger partial charge in [-0.3, -0.25) is 4.79 Å². The Kier molecular flexibility index (Phi) is 6.58. The summed E-state index contributed by atoms with van der Waals surface area (Å²) in [6.07, 6.45) is 1.60. The van der Waals surface area contributed by atoms with Gasteiger partial charge < -0.3 is 10.1 Å². The second-order valence-electron chi connectivity index (χ2n) is 5.75. The lowest BCUT2D eigenvalue weighted by molar-refractivity contribution is -0.119. The molecule has 0 saturated heterocycles. The Labute approximate surface area is 174 Å². The number of hydrogen-bond acceptors (Lipinski definition) is 4. The van der Waals surface area contributed by atoms with Crippen LogP contribution in [0.1, 0.15) is 6.92 Å². The number of nitrogens with one attached hydrogen (secondary N) is 1. The molecule has 1 heterocycles. The molecule has 0 aliphatic carbocycles. The highest BCUT2D eigenvalue weighted by atomic mass is 79.9. The number of carbonyl (C=O) groups is 1. The van der Waals surface area contributed by atoms with Gasteiger partial charge in [0.25, 0.3) is 0 Å². The minimum atomic E-state index is -0.0918. The summed E-state index contributed by atoms with van der Waals surface area (Å²) in [6.45, 7) is 2.21. The van der Waals surface area contributed by atoms with E-state index in [4.69, 9.17) is 4.74 Å². The monoisotopic (exact) mass is 489 g/mol. The van der Waals surface area contributed by atoms with Crippen LogP contribution >= 0.6 is 31.9 Å². The standard InChI is InChI=1S/C20H17Br2N3O2/c1-13(26)23-10-11-27-18-12-24-19(14-2-6-16(21)7-3-14)20(25-18)15-4-8-17(22)9-5-15/h2-9,12H,10-11H2,1H3,(H,23,26). The fourth-order valence-corrected chi connectivity index (χ4v) is 2.98. The number of halogens is 2. The third-order valence-corrected chi connectivity index (χ3v) is 4.77. The van der Waals surface area contributed by atoms with Crippen LogP contribution in [0.4, 0.5) is 0 Å². The quantitative estimate of drug-likeness (QED) is 0.501. The van der Waals surface area contributed by atoms with E-state index >= 15 is 0 Å². The van der Waals surface area contributed by atoms with Crippen molar-refractivity contribution in [1.82, 2.24) is 15.3 Å². The van der Waals surface area contributed by atoms with E-state index in [1.807, 2.05) is 48.5 Å². The Morgan fingerprint density at radius 1 is 0.963 bits per heavy atom. The van der Waals surface area contributed by atoms with Crippen molar-refractivity contribution in [3.05, 3.63) is 63.7 Å². The highest BCUT2D eigenvalue weighted by molar-refractivity contribution is 9.10. The van der Waals surface area contributed by atoms with Crippen molar-refractivity contribution in [2.75, 3.05) is 13.2 Å². The van der Waals surface area contributed by atoms with Crippen LogP contribution in [0, 0.1) is 0 Å². The van der Waals surface area contributed by atoms with Crippen LogP contribution in [-0.2, 0) is 4.79 Å². The topological polar surface area (TPSA) is 64.1 Å². The SMILES string of the molecule is CC(=O)NCCOc1cnc(-c2ccc(Br)cc2)c(-c2ccc(Br)cc2)n1. The van der Waals surface area contributed by atoms with Crippen LogP contribution in [0.25, 0.3) is 22.5 Å². The minimum absolute atomic E-state index is 0.0918. The lowest BCUT2D eigenvalue weighted by Gasteiger charge is -2.12. The lowest BCUT2D eigenvalue weighted by Crippen LogP contribution is -2.25. The molecule has 0 saturated carbocycles. The van der Waals surface area contributed by atoms with Crippen LogP contribution in [-0.4, -0.2) is 29.0 Å². The number of amides is 1. The first-order valence-electron chi connectivity index (χ1n) is 8.29. The third-order valence-electron chi connectivity index (χ3n) is 3.71. The summed E-state index contributed by atoms with van der Waals surface area (Å²) in [5, 5.41) is 2.69. The molecular formula is C20H17Br2N3O2. The minimum Gasteiger partial charge on any atom is -0.475 e. The van der Waals surface area contributed by atoms with Crippen molar-refractivity contribution < 1.29 is 9.53 Å². The van der Waals surface area contributed by atoms with Gasteiger partial charge >= 0.3 is 0 Å². The second-order valence-corrected chi connectivity index (χ2v) is 7.58. The maximum absolute atomic E-state index is 10.9. The van der Waals surface area contributed by atoms with E-state index in [-0.39, 0.29) is 5.91 Å². The normalized spacial score (nSPS) is 10.5. The Hall–Kier alpha value is -2.25. The molecule has 0 aliphatic rings. The van der Waals surface area contributed by atoms with E-state index in [0.717, 1.165) is 31.5 Å². The Balaban J connectivity index is 1.93. The van der Waals surface area contributed by atoms with Gasteiger partial charge in [0.1, 0.15) is 12.3 Å². The molecule has 1 amide bonds. The number of hydrogen-bond donors (Lipinski definition) is 1. The van der Waals surface area contributed by atoms with Gasteiger partial charge in [-0.1, -0.05) is 56.1 Å². The largest absolute Gasteiger partial charge is 0.475 e. The molecule has 0 unspecified atom stereocenters. The predicted molar refractivity (Wildman–Crippen MR) is 112 cm³/mol.